The number of rotatable bonds is 7. The summed E-state index contributed by atoms with van der Waals surface area (Å²) in [5.74, 6) is -0.574. The van der Waals surface area contributed by atoms with Gasteiger partial charge in [-0.05, 0) is 38.0 Å². The minimum Gasteiger partial charge on any atom is -0.466 e. The van der Waals surface area contributed by atoms with E-state index in [1.54, 1.807) is 54.3 Å². The molecule has 1 fully saturated rings. The monoisotopic (exact) mass is 428 g/mol. The average Bonchev–Trinajstić information content (AvgIpc) is 2.78. The number of ether oxygens (including phenoxy) is 1. The van der Waals surface area contributed by atoms with Crippen LogP contribution in [-0.4, -0.2) is 48.8 Å². The SMILES string of the molecule is CCOC(=O)C1CCN(C(=O)CNc2ccc(Cl)cc2C(=O)c2ccccc2)CC1. The molecular weight excluding hydrogens is 404 g/mol. The van der Waals surface area contributed by atoms with Crippen molar-refractivity contribution in [1.29, 1.82) is 0 Å². The molecule has 2 aromatic carbocycles. The van der Waals surface area contributed by atoms with E-state index in [0.29, 0.717) is 54.4 Å². The molecule has 1 N–H and O–H groups in total. The Morgan fingerprint density at radius 2 is 1.80 bits per heavy atom. The van der Waals surface area contributed by atoms with Gasteiger partial charge in [-0.2, -0.15) is 0 Å². The predicted octanol–water partition coefficient (Wildman–Crippen LogP) is 3.78. The summed E-state index contributed by atoms with van der Waals surface area (Å²) in [5, 5.41) is 3.53. The van der Waals surface area contributed by atoms with Crippen LogP contribution in [0.5, 0.6) is 0 Å². The van der Waals surface area contributed by atoms with Crippen molar-refractivity contribution in [3.05, 3.63) is 64.7 Å². The quantitative estimate of drug-likeness (QED) is 0.536. The number of piperidine rings is 1. The highest BCUT2D eigenvalue weighted by Crippen LogP contribution is 2.24. The lowest BCUT2D eigenvalue weighted by Gasteiger charge is -2.31. The van der Waals surface area contributed by atoms with E-state index in [4.69, 9.17) is 16.3 Å². The van der Waals surface area contributed by atoms with Crippen molar-refractivity contribution in [2.45, 2.75) is 19.8 Å². The first-order valence-electron chi connectivity index (χ1n) is 10.1. The van der Waals surface area contributed by atoms with Crippen molar-refractivity contribution >= 4 is 34.9 Å². The third-order valence-electron chi connectivity index (χ3n) is 5.16. The second kappa shape index (κ2) is 10.3. The lowest BCUT2D eigenvalue weighted by atomic mass is 9.97. The molecule has 0 aliphatic carbocycles. The van der Waals surface area contributed by atoms with Gasteiger partial charge in [0.1, 0.15) is 0 Å². The Morgan fingerprint density at radius 1 is 1.10 bits per heavy atom. The Morgan fingerprint density at radius 3 is 2.47 bits per heavy atom. The third kappa shape index (κ3) is 5.39. The smallest absolute Gasteiger partial charge is 0.309 e. The highest BCUT2D eigenvalue weighted by molar-refractivity contribution is 6.31. The van der Waals surface area contributed by atoms with Gasteiger partial charge in [-0.1, -0.05) is 41.9 Å². The molecule has 1 amide bonds. The first-order valence-corrected chi connectivity index (χ1v) is 10.4. The summed E-state index contributed by atoms with van der Waals surface area (Å²) in [6.07, 6.45) is 1.20. The third-order valence-corrected chi connectivity index (χ3v) is 5.39. The van der Waals surface area contributed by atoms with E-state index in [9.17, 15) is 14.4 Å². The molecule has 1 saturated heterocycles. The van der Waals surface area contributed by atoms with E-state index in [1.807, 2.05) is 6.07 Å². The predicted molar refractivity (Wildman–Crippen MR) is 116 cm³/mol. The number of ketones is 1. The van der Waals surface area contributed by atoms with Gasteiger partial charge in [0.05, 0.1) is 19.1 Å². The minimum atomic E-state index is -0.187. The summed E-state index contributed by atoms with van der Waals surface area (Å²) in [6.45, 7) is 3.24. The number of likely N-dealkylation sites (tertiary alicyclic amines) is 1. The Bertz CT molecular complexity index is 909. The molecule has 0 unspecified atom stereocenters. The zero-order valence-corrected chi connectivity index (χ0v) is 17.7. The van der Waals surface area contributed by atoms with Gasteiger partial charge >= 0.3 is 5.97 Å². The molecule has 30 heavy (non-hydrogen) atoms. The molecule has 1 aliphatic heterocycles. The number of esters is 1. The van der Waals surface area contributed by atoms with Crippen LogP contribution in [0.25, 0.3) is 0 Å². The largest absolute Gasteiger partial charge is 0.466 e. The fourth-order valence-electron chi connectivity index (χ4n) is 3.51. The van der Waals surface area contributed by atoms with E-state index < -0.39 is 0 Å². The zero-order valence-electron chi connectivity index (χ0n) is 16.9. The number of hydrogen-bond acceptors (Lipinski definition) is 5. The van der Waals surface area contributed by atoms with Crippen LogP contribution in [0.2, 0.25) is 5.02 Å². The highest BCUT2D eigenvalue weighted by Gasteiger charge is 2.28. The van der Waals surface area contributed by atoms with Gasteiger partial charge in [-0.25, -0.2) is 0 Å². The zero-order chi connectivity index (χ0) is 21.5. The number of nitrogens with one attached hydrogen (secondary N) is 1. The standard InChI is InChI=1S/C23H25ClN2O4/c1-2-30-23(29)17-10-12-26(13-11-17)21(27)15-25-20-9-8-18(24)14-19(20)22(28)16-6-4-3-5-7-16/h3-9,14,17,25H,2,10-13,15H2,1H3. The molecule has 0 atom stereocenters. The lowest BCUT2D eigenvalue weighted by molar-refractivity contribution is -0.151. The highest BCUT2D eigenvalue weighted by atomic mass is 35.5. The number of nitrogens with zero attached hydrogens (tertiary/aromatic N) is 1. The van der Waals surface area contributed by atoms with Crippen molar-refractivity contribution in [3.63, 3.8) is 0 Å². The summed E-state index contributed by atoms with van der Waals surface area (Å²) in [6, 6.07) is 13.9. The first-order chi connectivity index (χ1) is 14.5. The topological polar surface area (TPSA) is 75.7 Å². The van der Waals surface area contributed by atoms with Crippen LogP contribution in [0.15, 0.2) is 48.5 Å². The van der Waals surface area contributed by atoms with Crippen molar-refractivity contribution in [2.75, 3.05) is 31.6 Å². The number of carbonyl (C=O) groups is 3. The summed E-state index contributed by atoms with van der Waals surface area (Å²) >= 11 is 6.10. The van der Waals surface area contributed by atoms with Crippen molar-refractivity contribution < 1.29 is 19.1 Å². The van der Waals surface area contributed by atoms with E-state index in [2.05, 4.69) is 5.32 Å². The van der Waals surface area contributed by atoms with Gasteiger partial charge in [0.2, 0.25) is 5.91 Å². The second-order valence-corrected chi connectivity index (χ2v) is 7.58. The molecule has 1 aliphatic rings. The van der Waals surface area contributed by atoms with Crippen LogP contribution >= 0.6 is 11.6 Å². The van der Waals surface area contributed by atoms with E-state index in [1.165, 1.54) is 0 Å². The number of benzene rings is 2. The molecule has 6 nitrogen and oxygen atoms in total. The molecule has 0 aromatic heterocycles. The van der Waals surface area contributed by atoms with Crippen LogP contribution in [-0.2, 0) is 14.3 Å². The lowest BCUT2D eigenvalue weighted by Crippen LogP contribution is -2.43. The molecule has 1 heterocycles. The van der Waals surface area contributed by atoms with Gasteiger partial charge in [0.15, 0.2) is 5.78 Å². The van der Waals surface area contributed by atoms with Crippen LogP contribution in [0.4, 0.5) is 5.69 Å². The molecular formula is C23H25ClN2O4. The van der Waals surface area contributed by atoms with Crippen LogP contribution in [0.3, 0.4) is 0 Å². The first kappa shape index (κ1) is 21.8. The molecule has 3 rings (SSSR count). The maximum atomic E-state index is 12.9. The van der Waals surface area contributed by atoms with Crippen molar-refractivity contribution in [3.8, 4) is 0 Å². The van der Waals surface area contributed by atoms with Crippen molar-refractivity contribution in [1.82, 2.24) is 4.90 Å². The number of halogens is 1. The van der Waals surface area contributed by atoms with E-state index in [-0.39, 0.29) is 30.1 Å². The van der Waals surface area contributed by atoms with E-state index in [0.717, 1.165) is 0 Å². The van der Waals surface area contributed by atoms with Gasteiger partial charge in [0, 0.05) is 34.9 Å². The van der Waals surface area contributed by atoms with Crippen LogP contribution in [0.1, 0.15) is 35.7 Å². The number of hydrogen-bond donors (Lipinski definition) is 1. The summed E-state index contributed by atoms with van der Waals surface area (Å²) in [7, 11) is 0. The average molecular weight is 429 g/mol. The summed E-state index contributed by atoms with van der Waals surface area (Å²) < 4.78 is 5.07. The molecule has 0 radical (unpaired) electrons. The summed E-state index contributed by atoms with van der Waals surface area (Å²) in [5.41, 5.74) is 1.53. The molecule has 2 aromatic rings. The van der Waals surface area contributed by atoms with Crippen molar-refractivity contribution in [2.24, 2.45) is 5.92 Å². The molecule has 7 heteroatoms. The fourth-order valence-corrected chi connectivity index (χ4v) is 3.68. The second-order valence-electron chi connectivity index (χ2n) is 7.15. The maximum absolute atomic E-state index is 12.9. The molecule has 0 bridgehead atoms. The van der Waals surface area contributed by atoms with Gasteiger partial charge in [-0.3, -0.25) is 14.4 Å². The Balaban J connectivity index is 1.62. The molecule has 158 valence electrons. The molecule has 0 spiro atoms. The van der Waals surface area contributed by atoms with Gasteiger partial charge in [0.25, 0.3) is 0 Å². The normalized spacial score (nSPS) is 14.3. The molecule has 0 saturated carbocycles. The number of anilines is 1. The van der Waals surface area contributed by atoms with Crippen LogP contribution in [0, 0.1) is 5.92 Å². The van der Waals surface area contributed by atoms with E-state index >= 15 is 0 Å². The maximum Gasteiger partial charge on any atom is 0.309 e. The van der Waals surface area contributed by atoms with Crippen LogP contribution < -0.4 is 5.32 Å². The summed E-state index contributed by atoms with van der Waals surface area (Å²) in [4.78, 5) is 39.1. The van der Waals surface area contributed by atoms with Gasteiger partial charge < -0.3 is 15.0 Å². The Hall–Kier alpha value is -2.86. The van der Waals surface area contributed by atoms with Gasteiger partial charge in [-0.15, -0.1) is 0 Å². The number of carbonyl (C=O) groups excluding carboxylic acids is 3. The fraction of sp³-hybridized carbons (Fsp3) is 0.348. The Labute approximate surface area is 181 Å². The minimum absolute atomic E-state index is 0.0563. The number of amides is 1. The Kier molecular flexibility index (Phi) is 7.46.